The molecular formula is C83H137N6O61-. The number of amides is 6. The van der Waals surface area contributed by atoms with E-state index in [-0.39, 0.29) is 6.41 Å². The number of aliphatic carboxylic acids is 1. The number of aliphatic hydroxyl groups excluding tert-OH is 31. The molecule has 0 spiro atoms. The number of carboxylic acids is 1. The van der Waals surface area contributed by atoms with Gasteiger partial charge in [0, 0.05) is 41.0 Å². The first-order valence-electron chi connectivity index (χ1n) is 47.5. The zero-order valence-electron chi connectivity index (χ0n) is 80.4. The van der Waals surface area contributed by atoms with Crippen LogP contribution < -0.4 is 37.0 Å². The highest BCUT2D eigenvalue weighted by Gasteiger charge is 2.65. The third kappa shape index (κ3) is 28.0. The lowest BCUT2D eigenvalue weighted by molar-refractivity contribution is -0.411. The predicted octanol–water partition coefficient (Wildman–Crippen LogP) is -27.3. The highest BCUT2D eigenvalue weighted by molar-refractivity contribution is 5.76. The molecule has 0 bridgehead atoms. The lowest BCUT2D eigenvalue weighted by Crippen LogP contribution is -2.72. The molecule has 11 aliphatic rings. The average molecular weight is 2190 g/mol. The van der Waals surface area contributed by atoms with Crippen LogP contribution in [0.2, 0.25) is 0 Å². The Morgan fingerprint density at radius 1 is 0.313 bits per heavy atom. The molecule has 0 aromatic carbocycles. The van der Waals surface area contributed by atoms with Crippen LogP contribution in [0, 0.1) is 0 Å². The van der Waals surface area contributed by atoms with Gasteiger partial charge in [-0.05, 0) is 0 Å². The molecule has 866 valence electrons. The SMILES string of the molecule is CC(=O)N[C@H]1[C@H](O[C@H]2[C@@H](O)[C@@H](CO[C@@H]3O[C@H](CO)[C@@H](O[C@@H]4O[C@H](CO)[C@H](O)[C@H](O[C@@H]5O[C@H](CO)[C@@H](O[C@@H]6O[C@H](CO)[C@H](O)[C@H](O[C@]7(C(=O)[O-])C[C@H](O)[C@@H](NC(C)=O)[C@H]([C@H](O)[C@H](O)CO)O7)[C@H]6O)[C@H](O)[C@H]5NC(C)=O)[C@H]4O)[C@H](O)[C@H]3NC(C)=O)O[C@@H](O[C@H]3[C@H](O)[C@@H](NC(C)=O)[C@H](O[C@H]4[C@@H](O)[C@@H](CO)O[C@@H](O[C@H]5[C@H](O)[C@@H](O)[C@H](OC[C@@H](CO)NC=O)O[C@@H]5CO)[C@@H]4O)O[C@@H]3CO)[C@@H]2O)O[C@H](CO)[C@@H](O[C@@H]2O[C@H](CO)[C@H](O)[C@H](O)[C@H]2O)[C@@H]1O. The largest absolute Gasteiger partial charge is 0.544 e. The molecular weight excluding hydrogens is 2060 g/mol. The fourth-order valence-corrected chi connectivity index (χ4v) is 19.1. The second kappa shape index (κ2) is 55.1. The minimum absolute atomic E-state index is 0.227. The van der Waals surface area contributed by atoms with Gasteiger partial charge in [-0.25, -0.2) is 0 Å². The first-order valence-corrected chi connectivity index (χ1v) is 47.5. The third-order valence-corrected chi connectivity index (χ3v) is 26.9. The number of carbonyl (C=O) groups is 7. The van der Waals surface area contributed by atoms with E-state index in [4.69, 9.17) is 104 Å². The number of nitrogens with one attached hydrogen (secondary N) is 6. The van der Waals surface area contributed by atoms with Gasteiger partial charge in [0.05, 0.1) is 104 Å². The molecule has 0 unspecified atom stereocenters. The number of ether oxygens (including phenoxy) is 22. The molecule has 37 N–H and O–H groups in total. The van der Waals surface area contributed by atoms with Crippen molar-refractivity contribution in [2.45, 2.75) is 390 Å². The molecule has 11 aliphatic heterocycles. The average Bonchev–Trinajstić information content (AvgIpc) is 0.746. The van der Waals surface area contributed by atoms with Gasteiger partial charge in [0.2, 0.25) is 41.7 Å². The summed E-state index contributed by atoms with van der Waals surface area (Å²) in [6, 6.07) is -11.1. The number of hydrogen-bond acceptors (Lipinski definition) is 61. The second-order valence-corrected chi connectivity index (χ2v) is 37.4. The van der Waals surface area contributed by atoms with Gasteiger partial charge in [-0.15, -0.1) is 0 Å². The van der Waals surface area contributed by atoms with Crippen LogP contribution in [0.4, 0.5) is 0 Å². The lowest BCUT2D eigenvalue weighted by Gasteiger charge is -2.52. The van der Waals surface area contributed by atoms with E-state index < -0.39 is 477 Å². The van der Waals surface area contributed by atoms with Crippen LogP contribution in [-0.4, -0.2) is 635 Å². The molecule has 11 saturated heterocycles. The zero-order chi connectivity index (χ0) is 111. The van der Waals surface area contributed by atoms with Crippen molar-refractivity contribution in [2.24, 2.45) is 0 Å². The van der Waals surface area contributed by atoms with Crippen molar-refractivity contribution in [3.8, 4) is 0 Å². The van der Waals surface area contributed by atoms with E-state index >= 15 is 0 Å². The third-order valence-electron chi connectivity index (χ3n) is 26.9. The lowest BCUT2D eigenvalue weighted by atomic mass is 9.88. The number of carbonyl (C=O) groups excluding carboxylic acids is 7. The maximum atomic E-state index is 13.4. The quantitative estimate of drug-likeness (QED) is 0.0252. The second-order valence-electron chi connectivity index (χ2n) is 37.4. The molecule has 57 atom stereocenters. The van der Waals surface area contributed by atoms with Crippen molar-refractivity contribution in [2.75, 3.05) is 85.9 Å². The van der Waals surface area contributed by atoms with Gasteiger partial charge in [-0.3, -0.25) is 28.8 Å². The topological polar surface area (TPSA) is 1040 Å². The van der Waals surface area contributed by atoms with Crippen LogP contribution in [-0.2, 0) is 138 Å². The van der Waals surface area contributed by atoms with E-state index in [2.05, 4.69) is 31.9 Å². The van der Waals surface area contributed by atoms with Crippen molar-refractivity contribution in [1.29, 1.82) is 0 Å². The van der Waals surface area contributed by atoms with Crippen molar-refractivity contribution in [3.63, 3.8) is 0 Å². The molecule has 6 amide bonds. The summed E-state index contributed by atoms with van der Waals surface area (Å²) in [5.74, 6) is -10.9. The fraction of sp³-hybridized carbons (Fsp3) is 0.916. The van der Waals surface area contributed by atoms with Crippen molar-refractivity contribution >= 4 is 41.9 Å². The summed E-state index contributed by atoms with van der Waals surface area (Å²) in [4.78, 5) is 89.3. The monoisotopic (exact) mass is 2190 g/mol. The normalized spacial score (nSPS) is 46.3. The van der Waals surface area contributed by atoms with E-state index in [0.29, 0.717) is 0 Å². The van der Waals surface area contributed by atoms with Gasteiger partial charge >= 0.3 is 0 Å². The molecule has 11 fully saturated rings. The molecule has 67 heteroatoms. The Labute approximate surface area is 848 Å². The Morgan fingerprint density at radius 2 is 0.593 bits per heavy atom. The molecule has 0 saturated carbocycles. The number of carboxylic acid groups (broad SMARTS) is 1. The summed E-state index contributed by atoms with van der Waals surface area (Å²) in [5, 5.41) is 376. The van der Waals surface area contributed by atoms with Crippen molar-refractivity contribution in [3.05, 3.63) is 0 Å². The Balaban J connectivity index is 0.844. The van der Waals surface area contributed by atoms with Crippen LogP contribution in [0.1, 0.15) is 41.0 Å². The van der Waals surface area contributed by atoms with Gasteiger partial charge in [-0.1, -0.05) is 0 Å². The summed E-state index contributed by atoms with van der Waals surface area (Å²) in [6.45, 7) is -9.91. The van der Waals surface area contributed by atoms with E-state index in [0.717, 1.165) is 34.6 Å². The van der Waals surface area contributed by atoms with E-state index in [1.165, 1.54) is 0 Å². The maximum absolute atomic E-state index is 13.4. The van der Waals surface area contributed by atoms with Crippen LogP contribution >= 0.6 is 0 Å². The summed E-state index contributed by atoms with van der Waals surface area (Å²) < 4.78 is 130. The highest BCUT2D eigenvalue weighted by atomic mass is 16.8. The van der Waals surface area contributed by atoms with E-state index in [1.807, 2.05) is 0 Å². The summed E-state index contributed by atoms with van der Waals surface area (Å²) in [6.07, 6.45) is -111. The molecule has 67 nitrogen and oxygen atoms in total. The minimum Gasteiger partial charge on any atom is -0.544 e. The Hall–Kier alpha value is -5.83. The van der Waals surface area contributed by atoms with Gasteiger partial charge in [0.25, 0.3) is 0 Å². The molecule has 0 aliphatic carbocycles. The van der Waals surface area contributed by atoms with Gasteiger partial charge in [0.15, 0.2) is 62.9 Å². The van der Waals surface area contributed by atoms with Gasteiger partial charge in [0.1, 0.15) is 268 Å². The van der Waals surface area contributed by atoms with Crippen LogP contribution in [0.25, 0.3) is 0 Å². The van der Waals surface area contributed by atoms with Crippen LogP contribution in [0.3, 0.4) is 0 Å². The summed E-state index contributed by atoms with van der Waals surface area (Å²) in [7, 11) is 0. The highest BCUT2D eigenvalue weighted by Crippen LogP contribution is 2.44. The first kappa shape index (κ1) is 124. The predicted molar refractivity (Wildman–Crippen MR) is 459 cm³/mol. The number of hydrogen-bond donors (Lipinski definition) is 37. The minimum atomic E-state index is -3.42. The maximum Gasteiger partial charge on any atom is 0.217 e. The van der Waals surface area contributed by atoms with Crippen LogP contribution in [0.5, 0.6) is 0 Å². The van der Waals surface area contributed by atoms with Crippen molar-refractivity contribution < 1.29 is 301 Å². The molecule has 150 heavy (non-hydrogen) atoms. The first-order chi connectivity index (χ1) is 71.0. The Bertz CT molecular complexity index is 4230. The van der Waals surface area contributed by atoms with Gasteiger partial charge in [-0.2, -0.15) is 0 Å². The summed E-state index contributed by atoms with van der Waals surface area (Å²) in [5.41, 5.74) is 0. The van der Waals surface area contributed by atoms with E-state index in [1.54, 1.807) is 0 Å². The fourth-order valence-electron chi connectivity index (χ4n) is 19.1. The standard InChI is InChI=1S/C83H138N6O61/c1-21(102)85-39-27(107)6-83(82(127)128,149-67(39)44(109)28(108)8-91)150-71-48(113)32(12-95)134-81(61(71)126)144-65-36(16-99)138-74(43(53(65)118)89-25(5)106)146-68-46(111)30(10-93)132-78(58(68)123)142-62-33(13-96)135-72(40(50(62)115)86-22(2)103)130-19-38-49(114)70(148-75-41(87-23(3)104)51(116)63(34(14-97)136-75)141-77-56(121)54(119)45(110)29(9-92)131-77)60(125)80(140-38)143-64-35(15-98)137-73(42(52(64)117)88-24(4)105)147-69-47(112)31(11-94)133-79(59(69)124)145-66-37(17-100)139-76(57(122)55(66)120)129-18-26(7-90)84-20-101/h20,26-81,90-100,107-126H,6-19H2,1-5H3,(H,84,101)(H,85,102)(H,86,103)(H,87,104)(H,88,105)(H,89,106)(H,127,128)/p-1/t26-,27+,28-,29-,30-,31-,32-,33-,34-,35-,36-,37-,38-,39-,40-,41-,42-,43-,44-,45+,46+,47+,48+,49+,50-,51-,52-,53-,54+,55-,56-,57-,58-,59-,60-,61-,62-,63-,64-,65-,66-,67-,68+,69+,70+,71+,72-,73+,74+,75+,76-,77+,78+,79+,80+,81+,83+/m1/s1. The Morgan fingerprint density at radius 3 is 0.927 bits per heavy atom. The van der Waals surface area contributed by atoms with Gasteiger partial charge < -0.3 is 304 Å². The smallest absolute Gasteiger partial charge is 0.217 e. The van der Waals surface area contributed by atoms with Crippen LogP contribution in [0.15, 0.2) is 0 Å². The van der Waals surface area contributed by atoms with Crippen molar-refractivity contribution in [1.82, 2.24) is 31.9 Å². The molecule has 11 heterocycles. The van der Waals surface area contributed by atoms with E-state index in [9.17, 15) is 197 Å². The summed E-state index contributed by atoms with van der Waals surface area (Å²) >= 11 is 0. The number of aliphatic hydroxyl groups is 31. The molecule has 0 radical (unpaired) electrons. The molecule has 0 aromatic heterocycles. The molecule has 0 aromatic rings. The molecule has 11 rings (SSSR count). The Kier molecular flexibility index (Phi) is 45.7. The zero-order valence-corrected chi connectivity index (χ0v) is 80.4. The number of rotatable bonds is 45.